The van der Waals surface area contributed by atoms with Crippen LogP contribution in [0.5, 0.6) is 0 Å². The van der Waals surface area contributed by atoms with Crippen LogP contribution in [0.4, 0.5) is 0 Å². The van der Waals surface area contributed by atoms with Crippen molar-refractivity contribution in [1.82, 2.24) is 5.32 Å². The monoisotopic (exact) mass is 277 g/mol. The number of allylic oxidation sites excluding steroid dienone is 2. The Morgan fingerprint density at radius 1 is 1.20 bits per heavy atom. The van der Waals surface area contributed by atoms with E-state index in [4.69, 9.17) is 4.74 Å². The van der Waals surface area contributed by atoms with Crippen LogP contribution in [0.15, 0.2) is 11.1 Å². The summed E-state index contributed by atoms with van der Waals surface area (Å²) in [6, 6.07) is 0. The van der Waals surface area contributed by atoms with E-state index in [1.165, 1.54) is 32.1 Å². The molecule has 1 heterocycles. The first-order valence-electron chi connectivity index (χ1n) is 8.39. The van der Waals surface area contributed by atoms with Crippen molar-refractivity contribution in [2.75, 3.05) is 13.2 Å². The van der Waals surface area contributed by atoms with E-state index >= 15 is 0 Å². The fourth-order valence-corrected chi connectivity index (χ4v) is 4.85. The molecule has 1 fully saturated rings. The maximum Gasteiger partial charge on any atom is 0.122 e. The van der Waals surface area contributed by atoms with Gasteiger partial charge in [-0.3, -0.25) is 5.32 Å². The lowest BCUT2D eigenvalue weighted by Crippen LogP contribution is -2.57. The van der Waals surface area contributed by atoms with Crippen LogP contribution in [0.25, 0.3) is 0 Å². The van der Waals surface area contributed by atoms with Crippen LogP contribution in [-0.2, 0) is 4.74 Å². The number of nitrogens with one attached hydrogen (secondary N) is 1. The third kappa shape index (κ3) is 1.99. The van der Waals surface area contributed by atoms with Gasteiger partial charge in [0.05, 0.1) is 6.61 Å². The van der Waals surface area contributed by atoms with Crippen molar-refractivity contribution in [1.29, 1.82) is 0 Å². The second-order valence-corrected chi connectivity index (χ2v) is 8.33. The lowest BCUT2D eigenvalue weighted by atomic mass is 9.55. The van der Waals surface area contributed by atoms with E-state index in [-0.39, 0.29) is 11.1 Å². The molecule has 2 heteroatoms. The summed E-state index contributed by atoms with van der Waals surface area (Å²) in [5.41, 5.74) is 3.97. The molecule has 0 aromatic rings. The minimum absolute atomic E-state index is 0.154. The predicted molar refractivity (Wildman–Crippen MR) is 83.5 cm³/mol. The van der Waals surface area contributed by atoms with Gasteiger partial charge in [-0.1, -0.05) is 38.8 Å². The molecule has 3 atom stereocenters. The van der Waals surface area contributed by atoms with Crippen LogP contribution in [0.1, 0.15) is 66.7 Å². The van der Waals surface area contributed by atoms with Crippen molar-refractivity contribution in [2.24, 2.45) is 16.7 Å². The first-order chi connectivity index (χ1) is 9.29. The van der Waals surface area contributed by atoms with Crippen LogP contribution < -0.4 is 5.32 Å². The van der Waals surface area contributed by atoms with Gasteiger partial charge >= 0.3 is 0 Å². The van der Waals surface area contributed by atoms with Gasteiger partial charge in [0, 0.05) is 12.0 Å². The Balaban J connectivity index is 1.98. The van der Waals surface area contributed by atoms with Gasteiger partial charge in [0.2, 0.25) is 0 Å². The zero-order valence-electron chi connectivity index (χ0n) is 13.9. The highest BCUT2D eigenvalue weighted by Gasteiger charge is 2.54. The van der Waals surface area contributed by atoms with Crippen molar-refractivity contribution >= 4 is 0 Å². The molecule has 3 aliphatic rings. The molecule has 114 valence electrons. The van der Waals surface area contributed by atoms with Gasteiger partial charge in [-0.2, -0.15) is 0 Å². The van der Waals surface area contributed by atoms with Crippen molar-refractivity contribution in [3.05, 3.63) is 11.1 Å². The number of ether oxygens (including phenoxy) is 1. The fourth-order valence-electron chi connectivity index (χ4n) is 4.85. The Hall–Kier alpha value is -0.340. The van der Waals surface area contributed by atoms with Crippen molar-refractivity contribution in [3.8, 4) is 0 Å². The van der Waals surface area contributed by atoms with Gasteiger partial charge < -0.3 is 4.74 Å². The van der Waals surface area contributed by atoms with Crippen molar-refractivity contribution in [2.45, 2.75) is 72.4 Å². The topological polar surface area (TPSA) is 21.3 Å². The van der Waals surface area contributed by atoms with Gasteiger partial charge in [-0.25, -0.2) is 0 Å². The largest absolute Gasteiger partial charge is 0.359 e. The molecule has 0 amide bonds. The molecular formula is C18H31NO. The molecule has 0 aromatic carbocycles. The smallest absolute Gasteiger partial charge is 0.122 e. The average molecular weight is 277 g/mol. The zero-order valence-corrected chi connectivity index (χ0v) is 13.9. The van der Waals surface area contributed by atoms with Crippen LogP contribution in [-0.4, -0.2) is 18.9 Å². The highest BCUT2D eigenvalue weighted by molar-refractivity contribution is 5.30. The Kier molecular flexibility index (Phi) is 3.34. The summed E-state index contributed by atoms with van der Waals surface area (Å²) in [5.74, 6) is 0.686. The zero-order chi connectivity index (χ0) is 14.6. The number of rotatable bonds is 1. The minimum atomic E-state index is -0.154. The summed E-state index contributed by atoms with van der Waals surface area (Å²) < 4.78 is 6.17. The van der Waals surface area contributed by atoms with E-state index in [9.17, 15) is 0 Å². The van der Waals surface area contributed by atoms with Gasteiger partial charge in [0.15, 0.2) is 0 Å². The molecule has 1 saturated heterocycles. The molecule has 0 radical (unpaired) electrons. The van der Waals surface area contributed by atoms with Crippen LogP contribution in [0, 0.1) is 16.7 Å². The average Bonchev–Trinajstić information content (AvgIpc) is 2.80. The summed E-state index contributed by atoms with van der Waals surface area (Å²) in [4.78, 5) is 0. The first-order valence-corrected chi connectivity index (χ1v) is 8.39. The standard InChI is InChI=1S/C18H31NO/c1-13-11-14-7-6-8-16(2,3)15(14)12-17(13,4)18(5)19-9-10-20-18/h13,19H,6-12H2,1-5H3/t13-,17+,18+/m1/s1. The molecule has 0 unspecified atom stereocenters. The predicted octanol–water partition coefficient (Wildman–Crippen LogP) is 4.27. The quantitative estimate of drug-likeness (QED) is 0.723. The maximum absolute atomic E-state index is 6.17. The van der Waals surface area contributed by atoms with E-state index in [1.54, 1.807) is 11.1 Å². The summed E-state index contributed by atoms with van der Waals surface area (Å²) >= 11 is 0. The summed E-state index contributed by atoms with van der Waals surface area (Å²) in [5, 5.41) is 3.65. The van der Waals surface area contributed by atoms with Crippen molar-refractivity contribution < 1.29 is 4.74 Å². The lowest BCUT2D eigenvalue weighted by molar-refractivity contribution is -0.123. The molecule has 2 nitrogen and oxygen atoms in total. The number of hydrogen-bond donors (Lipinski definition) is 1. The molecule has 0 aromatic heterocycles. The Morgan fingerprint density at radius 2 is 1.95 bits per heavy atom. The first kappa shape index (κ1) is 14.6. The maximum atomic E-state index is 6.17. The fraction of sp³-hybridized carbons (Fsp3) is 0.889. The normalized spacial score (nSPS) is 44.5. The lowest BCUT2D eigenvalue weighted by Gasteiger charge is -2.54. The van der Waals surface area contributed by atoms with Crippen LogP contribution in [0.2, 0.25) is 0 Å². The Morgan fingerprint density at radius 3 is 2.60 bits per heavy atom. The van der Waals surface area contributed by atoms with E-state index in [0.29, 0.717) is 11.3 Å². The molecule has 1 N–H and O–H groups in total. The van der Waals surface area contributed by atoms with E-state index in [2.05, 4.69) is 39.9 Å². The molecule has 0 bridgehead atoms. The van der Waals surface area contributed by atoms with Gasteiger partial charge in [-0.05, 0) is 50.4 Å². The molecule has 1 aliphatic heterocycles. The van der Waals surface area contributed by atoms with Gasteiger partial charge in [0.1, 0.15) is 5.72 Å². The number of hydrogen-bond acceptors (Lipinski definition) is 2. The summed E-state index contributed by atoms with van der Waals surface area (Å²) in [7, 11) is 0. The van der Waals surface area contributed by atoms with Crippen LogP contribution in [0.3, 0.4) is 0 Å². The molecule has 3 rings (SSSR count). The second-order valence-electron chi connectivity index (χ2n) is 8.33. The molecule has 20 heavy (non-hydrogen) atoms. The Bertz CT molecular complexity index is 431. The third-order valence-corrected chi connectivity index (χ3v) is 6.75. The van der Waals surface area contributed by atoms with Crippen LogP contribution >= 0.6 is 0 Å². The highest BCUT2D eigenvalue weighted by Crippen LogP contribution is 2.57. The van der Waals surface area contributed by atoms with Gasteiger partial charge in [-0.15, -0.1) is 0 Å². The van der Waals surface area contributed by atoms with Gasteiger partial charge in [0.25, 0.3) is 0 Å². The molecular weight excluding hydrogens is 246 g/mol. The summed E-state index contributed by atoms with van der Waals surface area (Å²) in [6.45, 7) is 13.9. The van der Waals surface area contributed by atoms with E-state index in [1.807, 2.05) is 0 Å². The van der Waals surface area contributed by atoms with E-state index in [0.717, 1.165) is 13.2 Å². The minimum Gasteiger partial charge on any atom is -0.359 e. The molecule has 0 saturated carbocycles. The molecule has 0 spiro atoms. The highest BCUT2D eigenvalue weighted by atomic mass is 16.5. The second kappa shape index (κ2) is 4.58. The Labute approximate surface area is 124 Å². The van der Waals surface area contributed by atoms with Crippen molar-refractivity contribution in [3.63, 3.8) is 0 Å². The third-order valence-electron chi connectivity index (χ3n) is 6.75. The SMILES string of the molecule is C[C@@H]1CC2=C(C[C@]1(C)[C@@]1(C)NCCO1)C(C)(C)CCC2. The molecule has 2 aliphatic carbocycles. The van der Waals surface area contributed by atoms with E-state index < -0.39 is 0 Å². The summed E-state index contributed by atoms with van der Waals surface area (Å²) in [6.07, 6.45) is 6.54.